The van der Waals surface area contributed by atoms with Crippen LogP contribution in [0.1, 0.15) is 32.2 Å². The number of nitrogens with zero attached hydrogens (tertiary/aromatic N) is 4. The van der Waals surface area contributed by atoms with Gasteiger partial charge < -0.3 is 15.4 Å². The number of hydrogen-bond acceptors (Lipinski definition) is 5. The Bertz CT molecular complexity index is 945. The number of amides is 2. The van der Waals surface area contributed by atoms with E-state index in [0.29, 0.717) is 12.4 Å². The lowest BCUT2D eigenvalue weighted by atomic mass is 10.0. The van der Waals surface area contributed by atoms with Crippen molar-refractivity contribution in [2.45, 2.75) is 39.4 Å². The molecule has 0 aliphatic heterocycles. The molecule has 0 atom stereocenters. The number of nitrogens with one attached hydrogen (secondary N) is 2. The summed E-state index contributed by atoms with van der Waals surface area (Å²) < 4.78 is 5.45. The lowest BCUT2D eigenvalue weighted by molar-refractivity contribution is 0.239. The number of carbonyl (C=O) groups is 1. The Morgan fingerprint density at radius 3 is 2.56 bits per heavy atom. The van der Waals surface area contributed by atoms with E-state index < -0.39 is 0 Å². The first-order valence-corrected chi connectivity index (χ1v) is 8.74. The van der Waals surface area contributed by atoms with Crippen LogP contribution < -0.4 is 15.4 Å². The van der Waals surface area contributed by atoms with Gasteiger partial charge in [-0.05, 0) is 42.8 Å². The summed E-state index contributed by atoms with van der Waals surface area (Å²) >= 11 is 0. The fourth-order valence-electron chi connectivity index (χ4n) is 2.68. The molecule has 8 nitrogen and oxygen atoms in total. The van der Waals surface area contributed by atoms with Crippen LogP contribution >= 0.6 is 0 Å². The van der Waals surface area contributed by atoms with Gasteiger partial charge in [-0.15, -0.1) is 10.2 Å². The standard InChI is InChI=1S/C19H24N6O2/c1-19(2,3)25-23-17(22-24-25)12-21-18(26)20-11-15-14-8-6-5-7-13(14)9-10-16(15)27-4/h5-10H,11-12H2,1-4H3,(H2,20,21,26). The van der Waals surface area contributed by atoms with Gasteiger partial charge in [0, 0.05) is 12.1 Å². The highest BCUT2D eigenvalue weighted by Gasteiger charge is 2.17. The number of benzene rings is 2. The van der Waals surface area contributed by atoms with Crippen LogP contribution in [-0.2, 0) is 18.6 Å². The maximum absolute atomic E-state index is 12.2. The Hall–Kier alpha value is -3.16. The van der Waals surface area contributed by atoms with Gasteiger partial charge in [0.1, 0.15) is 5.75 Å². The van der Waals surface area contributed by atoms with Crippen molar-refractivity contribution in [1.82, 2.24) is 30.8 Å². The second-order valence-electron chi connectivity index (χ2n) is 7.17. The van der Waals surface area contributed by atoms with Crippen molar-refractivity contribution < 1.29 is 9.53 Å². The molecule has 2 aromatic carbocycles. The first-order valence-electron chi connectivity index (χ1n) is 8.74. The van der Waals surface area contributed by atoms with Gasteiger partial charge in [0.25, 0.3) is 0 Å². The van der Waals surface area contributed by atoms with Crippen molar-refractivity contribution in [2.24, 2.45) is 0 Å². The Balaban J connectivity index is 1.63. The summed E-state index contributed by atoms with van der Waals surface area (Å²) in [5.41, 5.74) is 0.681. The molecule has 3 aromatic rings. The Morgan fingerprint density at radius 1 is 1.11 bits per heavy atom. The summed E-state index contributed by atoms with van der Waals surface area (Å²) in [6, 6.07) is 11.6. The summed E-state index contributed by atoms with van der Waals surface area (Å²) in [4.78, 5) is 13.7. The molecule has 0 spiro atoms. The van der Waals surface area contributed by atoms with Crippen molar-refractivity contribution in [3.8, 4) is 5.75 Å². The van der Waals surface area contributed by atoms with Crippen LogP contribution in [0.2, 0.25) is 0 Å². The predicted molar refractivity (Wildman–Crippen MR) is 102 cm³/mol. The Labute approximate surface area is 157 Å². The van der Waals surface area contributed by atoms with Gasteiger partial charge in [0.05, 0.1) is 19.2 Å². The van der Waals surface area contributed by atoms with Crippen molar-refractivity contribution in [3.05, 3.63) is 47.8 Å². The van der Waals surface area contributed by atoms with E-state index in [0.717, 1.165) is 22.1 Å². The van der Waals surface area contributed by atoms with Crippen molar-refractivity contribution in [2.75, 3.05) is 7.11 Å². The number of hydrogen-bond donors (Lipinski definition) is 2. The zero-order chi connectivity index (χ0) is 19.4. The average molecular weight is 368 g/mol. The molecular formula is C19H24N6O2. The molecule has 0 bridgehead atoms. The molecule has 0 radical (unpaired) electrons. The quantitative estimate of drug-likeness (QED) is 0.722. The van der Waals surface area contributed by atoms with Crippen LogP contribution in [0.5, 0.6) is 5.75 Å². The number of methoxy groups -OCH3 is 1. The molecular weight excluding hydrogens is 344 g/mol. The molecule has 0 fully saturated rings. The van der Waals surface area contributed by atoms with Gasteiger partial charge >= 0.3 is 6.03 Å². The van der Waals surface area contributed by atoms with Gasteiger partial charge in [0.2, 0.25) is 0 Å². The van der Waals surface area contributed by atoms with Crippen LogP contribution in [0.4, 0.5) is 4.79 Å². The lowest BCUT2D eigenvalue weighted by Crippen LogP contribution is -2.35. The van der Waals surface area contributed by atoms with E-state index in [1.165, 1.54) is 4.80 Å². The number of urea groups is 1. The third kappa shape index (κ3) is 4.33. The molecule has 142 valence electrons. The van der Waals surface area contributed by atoms with Crippen LogP contribution in [-0.4, -0.2) is 33.3 Å². The Kier molecular flexibility index (Phi) is 5.25. The molecule has 0 unspecified atom stereocenters. The number of carbonyl (C=O) groups excluding carboxylic acids is 1. The summed E-state index contributed by atoms with van der Waals surface area (Å²) in [6.07, 6.45) is 0. The molecule has 2 N–H and O–H groups in total. The van der Waals surface area contributed by atoms with E-state index in [-0.39, 0.29) is 18.1 Å². The summed E-state index contributed by atoms with van der Waals surface area (Å²) in [5, 5.41) is 20.0. The molecule has 0 aliphatic carbocycles. The highest BCUT2D eigenvalue weighted by molar-refractivity contribution is 5.88. The van der Waals surface area contributed by atoms with E-state index >= 15 is 0 Å². The average Bonchev–Trinajstić information content (AvgIpc) is 3.13. The van der Waals surface area contributed by atoms with Crippen LogP contribution in [0.25, 0.3) is 10.8 Å². The number of tetrazole rings is 1. The minimum absolute atomic E-state index is 0.203. The maximum atomic E-state index is 12.2. The summed E-state index contributed by atoms with van der Waals surface area (Å²) in [6.45, 7) is 6.50. The van der Waals surface area contributed by atoms with Gasteiger partial charge in [-0.25, -0.2) is 4.79 Å². The van der Waals surface area contributed by atoms with E-state index in [2.05, 4.69) is 26.0 Å². The SMILES string of the molecule is COc1ccc2ccccc2c1CNC(=O)NCc1nnn(C(C)(C)C)n1. The van der Waals surface area contributed by atoms with E-state index in [1.807, 2.05) is 57.2 Å². The fraction of sp³-hybridized carbons (Fsp3) is 0.368. The second-order valence-corrected chi connectivity index (χ2v) is 7.17. The largest absolute Gasteiger partial charge is 0.496 e. The van der Waals surface area contributed by atoms with Crippen LogP contribution in [0, 0.1) is 0 Å². The topological polar surface area (TPSA) is 94.0 Å². The van der Waals surface area contributed by atoms with Crippen molar-refractivity contribution in [1.29, 1.82) is 0 Å². The first kappa shape index (κ1) is 18.6. The Morgan fingerprint density at radius 2 is 1.85 bits per heavy atom. The first-order chi connectivity index (χ1) is 12.9. The fourth-order valence-corrected chi connectivity index (χ4v) is 2.68. The molecule has 1 aromatic heterocycles. The van der Waals surface area contributed by atoms with E-state index in [4.69, 9.17) is 4.74 Å². The summed E-state index contributed by atoms with van der Waals surface area (Å²) in [7, 11) is 1.62. The monoisotopic (exact) mass is 368 g/mol. The van der Waals surface area contributed by atoms with E-state index in [1.54, 1.807) is 7.11 Å². The highest BCUT2D eigenvalue weighted by atomic mass is 16.5. The van der Waals surface area contributed by atoms with Crippen molar-refractivity contribution in [3.63, 3.8) is 0 Å². The predicted octanol–water partition coefficient (Wildman–Crippen LogP) is 2.59. The number of fused-ring (bicyclic) bond motifs is 1. The molecule has 3 rings (SSSR count). The molecule has 2 amide bonds. The van der Waals surface area contributed by atoms with Crippen molar-refractivity contribution >= 4 is 16.8 Å². The molecule has 0 saturated heterocycles. The van der Waals surface area contributed by atoms with E-state index in [9.17, 15) is 4.79 Å². The minimum Gasteiger partial charge on any atom is -0.496 e. The normalized spacial score (nSPS) is 11.4. The second kappa shape index (κ2) is 7.61. The molecule has 27 heavy (non-hydrogen) atoms. The number of ether oxygens (including phenoxy) is 1. The zero-order valence-electron chi connectivity index (χ0n) is 16.0. The smallest absolute Gasteiger partial charge is 0.315 e. The molecule has 1 heterocycles. The zero-order valence-corrected chi connectivity index (χ0v) is 16.0. The molecule has 8 heteroatoms. The summed E-state index contributed by atoms with van der Waals surface area (Å²) in [5.74, 6) is 1.20. The minimum atomic E-state index is -0.308. The third-order valence-corrected chi connectivity index (χ3v) is 4.11. The van der Waals surface area contributed by atoms with Crippen LogP contribution in [0.15, 0.2) is 36.4 Å². The molecule has 0 saturated carbocycles. The molecule has 0 aliphatic rings. The lowest BCUT2D eigenvalue weighted by Gasteiger charge is -2.15. The maximum Gasteiger partial charge on any atom is 0.315 e. The van der Waals surface area contributed by atoms with Gasteiger partial charge in [-0.1, -0.05) is 30.3 Å². The highest BCUT2D eigenvalue weighted by Crippen LogP contribution is 2.27. The van der Waals surface area contributed by atoms with Gasteiger partial charge in [-0.3, -0.25) is 0 Å². The third-order valence-electron chi connectivity index (χ3n) is 4.11. The number of rotatable bonds is 5. The van der Waals surface area contributed by atoms with Crippen LogP contribution in [0.3, 0.4) is 0 Å². The van der Waals surface area contributed by atoms with Gasteiger partial charge in [0.15, 0.2) is 5.82 Å². The number of aromatic nitrogens is 4. The van der Waals surface area contributed by atoms with Gasteiger partial charge in [-0.2, -0.15) is 4.80 Å².